The Hall–Kier alpha value is -3.88. The van der Waals surface area contributed by atoms with Crippen molar-refractivity contribution in [2.75, 3.05) is 18.0 Å². The number of benzene rings is 2. The summed E-state index contributed by atoms with van der Waals surface area (Å²) in [5.41, 5.74) is 3.87. The normalized spacial score (nSPS) is 14.5. The molecule has 1 fully saturated rings. The number of nitrogens with zero attached hydrogens (tertiary/aromatic N) is 4. The Balaban J connectivity index is 1.51. The molecule has 37 heavy (non-hydrogen) atoms. The maximum Gasteiger partial charge on any atom is 0.387 e. The van der Waals surface area contributed by atoms with Crippen LogP contribution in [0.25, 0.3) is 11.2 Å². The number of hydrogen-bond acceptors (Lipinski definition) is 5. The van der Waals surface area contributed by atoms with Crippen molar-refractivity contribution in [3.8, 4) is 5.75 Å². The van der Waals surface area contributed by atoms with Gasteiger partial charge in [0.15, 0.2) is 5.65 Å². The van der Waals surface area contributed by atoms with Gasteiger partial charge in [-0.2, -0.15) is 8.78 Å². The van der Waals surface area contributed by atoms with E-state index >= 15 is 0 Å². The van der Waals surface area contributed by atoms with Gasteiger partial charge in [-0.3, -0.25) is 14.3 Å². The number of rotatable bonds is 6. The summed E-state index contributed by atoms with van der Waals surface area (Å²) in [5, 5.41) is 0. The first kappa shape index (κ1) is 24.8. The Morgan fingerprint density at radius 1 is 1.08 bits per heavy atom. The van der Waals surface area contributed by atoms with Gasteiger partial charge in [-0.1, -0.05) is 30.3 Å². The molecule has 0 atom stereocenters. The van der Waals surface area contributed by atoms with Crippen LogP contribution in [-0.4, -0.2) is 34.2 Å². The fraction of sp³-hybridized carbons (Fsp3) is 0.321. The molecule has 3 heterocycles. The number of pyridine rings is 1. The van der Waals surface area contributed by atoms with Crippen LogP contribution in [0.5, 0.6) is 5.75 Å². The monoisotopic (exact) mass is 508 g/mol. The molecule has 0 N–H and O–H groups in total. The molecular formula is C28H27F3N4O2. The third kappa shape index (κ3) is 5.03. The van der Waals surface area contributed by atoms with Crippen molar-refractivity contribution >= 4 is 16.9 Å². The number of aromatic nitrogens is 3. The summed E-state index contributed by atoms with van der Waals surface area (Å²) < 4.78 is 46.7. The van der Waals surface area contributed by atoms with Crippen molar-refractivity contribution in [2.24, 2.45) is 0 Å². The molecular weight excluding hydrogens is 481 g/mol. The molecule has 4 aromatic rings. The van der Waals surface area contributed by atoms with E-state index in [1.165, 1.54) is 16.7 Å². The van der Waals surface area contributed by atoms with Crippen LogP contribution in [-0.2, 0) is 6.54 Å². The van der Waals surface area contributed by atoms with E-state index in [-0.39, 0.29) is 29.6 Å². The molecule has 6 nitrogen and oxygen atoms in total. The number of anilines is 1. The number of aryl methyl sites for hydroxylation is 2. The number of fused-ring (bicyclic) bond motifs is 1. The second-order valence-electron chi connectivity index (χ2n) is 9.36. The molecule has 0 saturated carbocycles. The van der Waals surface area contributed by atoms with Crippen LogP contribution in [0.1, 0.15) is 41.1 Å². The molecule has 0 amide bonds. The minimum atomic E-state index is -2.98. The van der Waals surface area contributed by atoms with Crippen LogP contribution in [0, 0.1) is 19.7 Å². The van der Waals surface area contributed by atoms with Crippen LogP contribution < -0.4 is 15.2 Å². The molecule has 0 radical (unpaired) electrons. The number of hydrogen-bond donors (Lipinski definition) is 0. The highest BCUT2D eigenvalue weighted by Gasteiger charge is 2.27. The van der Waals surface area contributed by atoms with Gasteiger partial charge in [-0.15, -0.1) is 0 Å². The van der Waals surface area contributed by atoms with Gasteiger partial charge in [0.05, 0.1) is 17.9 Å². The highest BCUT2D eigenvalue weighted by atomic mass is 19.3. The van der Waals surface area contributed by atoms with Gasteiger partial charge in [-0.05, 0) is 56.4 Å². The summed E-state index contributed by atoms with van der Waals surface area (Å²) in [6.45, 7) is 1.92. The standard InChI is InChI=1S/C28H27F3N4O2/c1-17-6-5-8-22(29)25(17)34-12-10-19(11-13-34)21-14-23-26(33-18(2)15-32-23)35(27(21)36)16-20-7-3-4-9-24(20)37-28(30)31/h3-9,14-15,19,28H,10-13,16H2,1-2H3. The van der Waals surface area contributed by atoms with Gasteiger partial charge in [0.1, 0.15) is 17.1 Å². The van der Waals surface area contributed by atoms with Crippen molar-refractivity contribution in [2.45, 2.75) is 45.8 Å². The second-order valence-corrected chi connectivity index (χ2v) is 9.36. The average Bonchev–Trinajstić information content (AvgIpc) is 2.87. The van der Waals surface area contributed by atoms with Gasteiger partial charge < -0.3 is 9.64 Å². The van der Waals surface area contributed by atoms with E-state index in [1.54, 1.807) is 43.5 Å². The van der Waals surface area contributed by atoms with E-state index < -0.39 is 6.61 Å². The zero-order valence-corrected chi connectivity index (χ0v) is 20.6. The van der Waals surface area contributed by atoms with Crippen molar-refractivity contribution in [3.63, 3.8) is 0 Å². The van der Waals surface area contributed by atoms with Gasteiger partial charge in [0.25, 0.3) is 5.56 Å². The summed E-state index contributed by atoms with van der Waals surface area (Å²) >= 11 is 0. The summed E-state index contributed by atoms with van der Waals surface area (Å²) in [7, 11) is 0. The predicted octanol–water partition coefficient (Wildman–Crippen LogP) is 5.58. The molecule has 1 aliphatic rings. The van der Waals surface area contributed by atoms with Gasteiger partial charge >= 0.3 is 6.61 Å². The number of para-hydroxylation sites is 2. The van der Waals surface area contributed by atoms with Crippen LogP contribution >= 0.6 is 0 Å². The number of halogens is 3. The molecule has 192 valence electrons. The smallest absolute Gasteiger partial charge is 0.387 e. The molecule has 2 aromatic carbocycles. The first-order valence-electron chi connectivity index (χ1n) is 12.2. The Morgan fingerprint density at radius 2 is 1.84 bits per heavy atom. The molecule has 0 unspecified atom stereocenters. The van der Waals surface area contributed by atoms with E-state index in [0.29, 0.717) is 59.6 Å². The Bertz CT molecular complexity index is 1480. The highest BCUT2D eigenvalue weighted by Crippen LogP contribution is 2.33. The Kier molecular flexibility index (Phi) is 6.86. The van der Waals surface area contributed by atoms with E-state index in [2.05, 4.69) is 9.97 Å². The quantitative estimate of drug-likeness (QED) is 0.340. The van der Waals surface area contributed by atoms with Crippen LogP contribution in [0.4, 0.5) is 18.9 Å². The molecule has 2 aromatic heterocycles. The summed E-state index contributed by atoms with van der Waals surface area (Å²) in [6, 6.07) is 13.3. The summed E-state index contributed by atoms with van der Waals surface area (Å²) in [5.74, 6) is -0.291. The van der Waals surface area contributed by atoms with E-state index in [9.17, 15) is 18.0 Å². The fourth-order valence-electron chi connectivity index (χ4n) is 5.13. The Morgan fingerprint density at radius 3 is 2.57 bits per heavy atom. The first-order valence-corrected chi connectivity index (χ1v) is 12.2. The van der Waals surface area contributed by atoms with Crippen LogP contribution in [0.3, 0.4) is 0 Å². The zero-order valence-electron chi connectivity index (χ0n) is 20.6. The van der Waals surface area contributed by atoms with E-state index in [4.69, 9.17) is 4.74 Å². The molecule has 1 saturated heterocycles. The van der Waals surface area contributed by atoms with E-state index in [0.717, 1.165) is 5.56 Å². The molecule has 0 aliphatic carbocycles. The predicted molar refractivity (Wildman–Crippen MR) is 136 cm³/mol. The van der Waals surface area contributed by atoms with Gasteiger partial charge in [-0.25, -0.2) is 9.37 Å². The minimum absolute atomic E-state index is 0.0112. The molecule has 0 spiro atoms. The number of alkyl halides is 2. The van der Waals surface area contributed by atoms with Crippen LogP contribution in [0.15, 0.2) is 59.5 Å². The van der Waals surface area contributed by atoms with Crippen molar-refractivity contribution in [1.29, 1.82) is 0 Å². The molecule has 9 heteroatoms. The third-order valence-corrected chi connectivity index (χ3v) is 6.90. The lowest BCUT2D eigenvalue weighted by Gasteiger charge is -2.34. The third-order valence-electron chi connectivity index (χ3n) is 6.90. The molecule has 1 aliphatic heterocycles. The zero-order chi connectivity index (χ0) is 26.1. The number of piperidine rings is 1. The lowest BCUT2D eigenvalue weighted by molar-refractivity contribution is -0.0504. The summed E-state index contributed by atoms with van der Waals surface area (Å²) in [4.78, 5) is 24.9. The van der Waals surface area contributed by atoms with Crippen molar-refractivity contribution in [1.82, 2.24) is 14.5 Å². The summed E-state index contributed by atoms with van der Waals surface area (Å²) in [6.07, 6.45) is 2.97. The van der Waals surface area contributed by atoms with E-state index in [1.807, 2.05) is 17.9 Å². The lowest BCUT2D eigenvalue weighted by atomic mass is 9.89. The Labute approximate surface area is 212 Å². The van der Waals surface area contributed by atoms with Gasteiger partial charge in [0.2, 0.25) is 0 Å². The largest absolute Gasteiger partial charge is 0.434 e. The maximum atomic E-state index is 14.5. The second kappa shape index (κ2) is 10.2. The maximum absolute atomic E-state index is 14.5. The SMILES string of the molecule is Cc1cnc2cc(C3CCN(c4c(C)cccc4F)CC3)c(=O)n(Cc3ccccc3OC(F)F)c2n1. The molecule has 0 bridgehead atoms. The average molecular weight is 509 g/mol. The van der Waals surface area contributed by atoms with Gasteiger partial charge in [0, 0.05) is 30.4 Å². The highest BCUT2D eigenvalue weighted by molar-refractivity contribution is 5.71. The minimum Gasteiger partial charge on any atom is -0.434 e. The van der Waals surface area contributed by atoms with Crippen LogP contribution in [0.2, 0.25) is 0 Å². The lowest BCUT2D eigenvalue weighted by Crippen LogP contribution is -2.36. The topological polar surface area (TPSA) is 60.2 Å². The first-order chi connectivity index (χ1) is 17.8. The number of ether oxygens (including phenoxy) is 1. The van der Waals surface area contributed by atoms with Crippen molar-refractivity contribution < 1.29 is 17.9 Å². The fourth-order valence-corrected chi connectivity index (χ4v) is 5.13. The molecule has 5 rings (SSSR count). The van der Waals surface area contributed by atoms with Crippen molar-refractivity contribution in [3.05, 3.63) is 93.3 Å².